The third-order valence-electron chi connectivity index (χ3n) is 4.54. The fourth-order valence-corrected chi connectivity index (χ4v) is 3.53. The zero-order chi connectivity index (χ0) is 14.3. The molecule has 21 heavy (non-hydrogen) atoms. The maximum Gasteiger partial charge on any atom is 0.164 e. The minimum absolute atomic E-state index is 0.347. The van der Waals surface area contributed by atoms with Crippen molar-refractivity contribution in [2.75, 3.05) is 5.73 Å². The first-order chi connectivity index (χ1) is 10.3. The van der Waals surface area contributed by atoms with Gasteiger partial charge in [0.15, 0.2) is 5.69 Å². The van der Waals surface area contributed by atoms with Crippen LogP contribution in [0.4, 0.5) is 11.4 Å². The predicted octanol–water partition coefficient (Wildman–Crippen LogP) is 3.78. The molecule has 0 fully saturated rings. The Kier molecular flexibility index (Phi) is 2.69. The van der Waals surface area contributed by atoms with Crippen molar-refractivity contribution in [1.82, 2.24) is 4.59 Å². The Labute approximate surface area is 124 Å². The van der Waals surface area contributed by atoms with Crippen LogP contribution < -0.4 is 10.3 Å². The lowest BCUT2D eigenvalue weighted by atomic mass is 10.1. The molecule has 0 radical (unpaired) electrons. The lowest BCUT2D eigenvalue weighted by Crippen LogP contribution is -2.39. The highest BCUT2D eigenvalue weighted by atomic mass is 15.6. The Morgan fingerprint density at radius 3 is 2.62 bits per heavy atom. The lowest BCUT2D eigenvalue weighted by Gasteiger charge is -2.32. The number of nitrogens with two attached hydrogens (primary N) is 1. The van der Waals surface area contributed by atoms with E-state index in [2.05, 4.69) is 42.6 Å². The topological polar surface area (TPSA) is 38.4 Å². The van der Waals surface area contributed by atoms with Crippen LogP contribution in [0.5, 0.6) is 0 Å². The third kappa shape index (κ3) is 1.82. The van der Waals surface area contributed by atoms with Gasteiger partial charge in [-0.05, 0) is 24.1 Å². The number of hydrogen-bond acceptors (Lipinski definition) is 2. The van der Waals surface area contributed by atoms with E-state index in [1.165, 1.54) is 11.1 Å². The molecule has 3 nitrogen and oxygen atoms in total. The van der Waals surface area contributed by atoms with Crippen molar-refractivity contribution in [3.63, 3.8) is 0 Å². The first kappa shape index (κ1) is 12.4. The van der Waals surface area contributed by atoms with Gasteiger partial charge >= 0.3 is 0 Å². The molecule has 2 atom stereocenters. The second-order valence-corrected chi connectivity index (χ2v) is 5.69. The van der Waals surface area contributed by atoms with Crippen molar-refractivity contribution < 1.29 is 0 Å². The summed E-state index contributed by atoms with van der Waals surface area (Å²) in [5, 5.41) is 4.81. The average Bonchev–Trinajstić information content (AvgIpc) is 3.15. The summed E-state index contributed by atoms with van der Waals surface area (Å²) in [5.41, 5.74) is 10.7. The van der Waals surface area contributed by atoms with Crippen LogP contribution >= 0.6 is 0 Å². The van der Waals surface area contributed by atoms with Gasteiger partial charge in [0.25, 0.3) is 0 Å². The van der Waals surface area contributed by atoms with Crippen LogP contribution in [0.3, 0.4) is 0 Å². The quantitative estimate of drug-likeness (QED) is 0.658. The fourth-order valence-electron chi connectivity index (χ4n) is 3.53. The molecule has 1 aliphatic carbocycles. The van der Waals surface area contributed by atoms with E-state index in [4.69, 9.17) is 10.8 Å². The van der Waals surface area contributed by atoms with E-state index >= 15 is 0 Å². The maximum atomic E-state index is 5.84. The highest BCUT2D eigenvalue weighted by molar-refractivity contribution is 5.76. The smallest absolute Gasteiger partial charge is 0.164 e. The molecule has 4 rings (SSSR count). The SMILES string of the molecule is Nc1ccc([N+]2(C3CCc4ccccc43)C=CC=N2)cc1. The van der Waals surface area contributed by atoms with Gasteiger partial charge in [-0.2, -0.15) is 0 Å². The van der Waals surface area contributed by atoms with Gasteiger partial charge in [-0.1, -0.05) is 29.4 Å². The largest absolute Gasteiger partial charge is 0.399 e. The molecule has 0 saturated heterocycles. The molecule has 0 aromatic heterocycles. The van der Waals surface area contributed by atoms with Crippen LogP contribution in [0.1, 0.15) is 23.6 Å². The van der Waals surface area contributed by atoms with Gasteiger partial charge in [-0.15, -0.1) is 4.59 Å². The lowest BCUT2D eigenvalue weighted by molar-refractivity contribution is 0.296. The second-order valence-electron chi connectivity index (χ2n) is 5.69. The van der Waals surface area contributed by atoms with E-state index in [-0.39, 0.29) is 0 Å². The van der Waals surface area contributed by atoms with Gasteiger partial charge in [-0.25, -0.2) is 0 Å². The van der Waals surface area contributed by atoms with E-state index in [1.807, 2.05) is 24.4 Å². The number of rotatable bonds is 2. The number of hydrogen-bond donors (Lipinski definition) is 1. The molecule has 3 heteroatoms. The minimum Gasteiger partial charge on any atom is -0.399 e. The Balaban J connectivity index is 1.85. The second kappa shape index (κ2) is 4.57. The van der Waals surface area contributed by atoms with Gasteiger partial charge in [0.2, 0.25) is 0 Å². The van der Waals surface area contributed by atoms with Gasteiger partial charge in [0, 0.05) is 35.9 Å². The van der Waals surface area contributed by atoms with Crippen molar-refractivity contribution in [3.05, 3.63) is 71.9 Å². The summed E-state index contributed by atoms with van der Waals surface area (Å²) < 4.78 is 0.525. The Morgan fingerprint density at radius 1 is 1.05 bits per heavy atom. The van der Waals surface area contributed by atoms with Crippen LogP contribution in [0.25, 0.3) is 0 Å². The first-order valence-electron chi connectivity index (χ1n) is 7.35. The van der Waals surface area contributed by atoms with Crippen LogP contribution in [-0.2, 0) is 6.42 Å². The predicted molar refractivity (Wildman–Crippen MR) is 87.8 cm³/mol. The number of nitrogens with zero attached hydrogens (tertiary/aromatic N) is 2. The van der Waals surface area contributed by atoms with E-state index in [0.29, 0.717) is 10.6 Å². The average molecular weight is 276 g/mol. The van der Waals surface area contributed by atoms with Crippen molar-refractivity contribution in [3.8, 4) is 0 Å². The summed E-state index contributed by atoms with van der Waals surface area (Å²) in [6, 6.07) is 17.2. The van der Waals surface area contributed by atoms with E-state index in [9.17, 15) is 0 Å². The van der Waals surface area contributed by atoms with Crippen LogP contribution in [0.15, 0.2) is 65.9 Å². The molecule has 104 valence electrons. The Bertz CT molecular complexity index is 716. The molecule has 2 aromatic rings. The minimum atomic E-state index is 0.347. The van der Waals surface area contributed by atoms with Crippen molar-refractivity contribution >= 4 is 17.6 Å². The highest BCUT2D eigenvalue weighted by Gasteiger charge is 2.44. The van der Waals surface area contributed by atoms with E-state index < -0.39 is 0 Å². The molecular weight excluding hydrogens is 258 g/mol. The van der Waals surface area contributed by atoms with Gasteiger partial charge in [0.05, 0.1) is 6.21 Å². The van der Waals surface area contributed by atoms with Crippen LogP contribution in [0, 0.1) is 0 Å². The number of quaternary nitrogens is 1. The van der Waals surface area contributed by atoms with Crippen molar-refractivity contribution in [2.24, 2.45) is 5.10 Å². The molecular formula is C18H18N3+. The maximum absolute atomic E-state index is 5.84. The molecule has 2 unspecified atom stereocenters. The molecule has 2 aliphatic rings. The number of aryl methyl sites for hydroxylation is 1. The molecule has 2 N–H and O–H groups in total. The molecule has 0 bridgehead atoms. The number of fused-ring (bicyclic) bond motifs is 1. The number of anilines is 1. The molecule has 0 spiro atoms. The zero-order valence-corrected chi connectivity index (χ0v) is 11.8. The van der Waals surface area contributed by atoms with Gasteiger partial charge in [-0.3, -0.25) is 0 Å². The van der Waals surface area contributed by atoms with Crippen molar-refractivity contribution in [2.45, 2.75) is 18.9 Å². The van der Waals surface area contributed by atoms with E-state index in [1.54, 1.807) is 0 Å². The highest BCUT2D eigenvalue weighted by Crippen LogP contribution is 2.45. The van der Waals surface area contributed by atoms with Crippen LogP contribution in [-0.4, -0.2) is 6.21 Å². The van der Waals surface area contributed by atoms with Gasteiger partial charge < -0.3 is 5.73 Å². The summed E-state index contributed by atoms with van der Waals surface area (Å²) in [6.07, 6.45) is 8.36. The number of benzene rings is 2. The zero-order valence-electron chi connectivity index (χ0n) is 11.8. The summed E-state index contributed by atoms with van der Waals surface area (Å²) in [4.78, 5) is 0. The summed E-state index contributed by atoms with van der Waals surface area (Å²) >= 11 is 0. The number of nitrogen functional groups attached to an aromatic ring is 1. The van der Waals surface area contributed by atoms with Crippen LogP contribution in [0.2, 0.25) is 0 Å². The molecule has 1 aliphatic heterocycles. The Hall–Kier alpha value is -2.39. The summed E-state index contributed by atoms with van der Waals surface area (Å²) in [6.45, 7) is 0. The molecule has 0 amide bonds. The summed E-state index contributed by atoms with van der Waals surface area (Å²) in [7, 11) is 0. The molecule has 2 aromatic carbocycles. The monoisotopic (exact) mass is 276 g/mol. The molecule has 1 heterocycles. The fraction of sp³-hybridized carbons (Fsp3) is 0.167. The van der Waals surface area contributed by atoms with Crippen molar-refractivity contribution in [1.29, 1.82) is 0 Å². The summed E-state index contributed by atoms with van der Waals surface area (Å²) in [5.74, 6) is 0. The standard InChI is InChI=1S/C18H18N3/c19-15-7-9-16(10-8-15)21(13-3-12-20-21)18-11-6-14-4-1-2-5-17(14)18/h1-5,7-10,12-13,18H,6,11,19H2/q+1. The van der Waals surface area contributed by atoms with E-state index in [0.717, 1.165) is 24.2 Å². The van der Waals surface area contributed by atoms with Gasteiger partial charge in [0.1, 0.15) is 12.2 Å². The molecule has 0 saturated carbocycles. The normalized spacial score (nSPS) is 26.2. The third-order valence-corrected chi connectivity index (χ3v) is 4.54. The number of allylic oxidation sites excluding steroid dienone is 1. The first-order valence-corrected chi connectivity index (χ1v) is 7.35. The Morgan fingerprint density at radius 2 is 1.86 bits per heavy atom.